The fourth-order valence-electron chi connectivity index (χ4n) is 1.88. The lowest BCUT2D eigenvalue weighted by Crippen LogP contribution is -2.29. The van der Waals surface area contributed by atoms with Gasteiger partial charge in [0.1, 0.15) is 41.0 Å². The molecule has 126 valence electrons. The molecule has 8 heteroatoms. The first-order valence-electron chi connectivity index (χ1n) is 6.75. The molecule has 4 nitrogen and oxygen atoms in total. The van der Waals surface area contributed by atoms with E-state index < -0.39 is 52.9 Å². The number of hydrogen-bond donors (Lipinski definition) is 1. The fourth-order valence-corrected chi connectivity index (χ4v) is 1.88. The van der Waals surface area contributed by atoms with E-state index in [4.69, 9.17) is 0 Å². The number of nitrogens with one attached hydrogen (secondary N) is 1. The SMILES string of the molecule is O=C(NCCOC(=O)c1c(F)cccc1F)c1c(F)cccc1F. The molecule has 0 aliphatic heterocycles. The van der Waals surface area contributed by atoms with E-state index in [0.29, 0.717) is 0 Å². The second kappa shape index (κ2) is 7.58. The highest BCUT2D eigenvalue weighted by molar-refractivity contribution is 5.94. The van der Waals surface area contributed by atoms with Gasteiger partial charge in [-0.25, -0.2) is 22.4 Å². The van der Waals surface area contributed by atoms with E-state index in [1.165, 1.54) is 0 Å². The second-order valence-electron chi connectivity index (χ2n) is 4.59. The quantitative estimate of drug-likeness (QED) is 0.517. The molecule has 2 aromatic rings. The maximum atomic E-state index is 13.4. The van der Waals surface area contributed by atoms with Gasteiger partial charge in [0, 0.05) is 0 Å². The van der Waals surface area contributed by atoms with Gasteiger partial charge in [0.2, 0.25) is 0 Å². The molecule has 1 amide bonds. The van der Waals surface area contributed by atoms with Gasteiger partial charge in [-0.15, -0.1) is 0 Å². The highest BCUT2D eigenvalue weighted by Gasteiger charge is 2.19. The van der Waals surface area contributed by atoms with Crippen molar-refractivity contribution in [1.82, 2.24) is 5.32 Å². The van der Waals surface area contributed by atoms with E-state index in [2.05, 4.69) is 10.1 Å². The Bertz CT molecular complexity index is 674. The molecule has 0 spiro atoms. The molecule has 0 saturated heterocycles. The van der Waals surface area contributed by atoms with Crippen molar-refractivity contribution in [2.75, 3.05) is 13.2 Å². The Labute approximate surface area is 134 Å². The van der Waals surface area contributed by atoms with Gasteiger partial charge in [-0.3, -0.25) is 4.79 Å². The summed E-state index contributed by atoms with van der Waals surface area (Å²) in [5.74, 6) is -6.55. The Morgan fingerprint density at radius 3 is 1.79 bits per heavy atom. The van der Waals surface area contributed by atoms with Crippen LogP contribution in [0.15, 0.2) is 36.4 Å². The number of rotatable bonds is 5. The largest absolute Gasteiger partial charge is 0.460 e. The van der Waals surface area contributed by atoms with Gasteiger partial charge >= 0.3 is 5.97 Å². The molecule has 0 radical (unpaired) electrons. The molecular weight excluding hydrogens is 330 g/mol. The van der Waals surface area contributed by atoms with Gasteiger partial charge in [0.05, 0.1) is 6.54 Å². The van der Waals surface area contributed by atoms with Crippen LogP contribution in [0.4, 0.5) is 17.6 Å². The van der Waals surface area contributed by atoms with Crippen molar-refractivity contribution in [3.63, 3.8) is 0 Å². The Morgan fingerprint density at radius 2 is 1.29 bits per heavy atom. The highest BCUT2D eigenvalue weighted by atomic mass is 19.1. The molecule has 0 unspecified atom stereocenters. The fraction of sp³-hybridized carbons (Fsp3) is 0.125. The zero-order chi connectivity index (χ0) is 17.7. The van der Waals surface area contributed by atoms with Crippen molar-refractivity contribution < 1.29 is 31.9 Å². The normalized spacial score (nSPS) is 10.3. The molecule has 24 heavy (non-hydrogen) atoms. The van der Waals surface area contributed by atoms with Gasteiger partial charge < -0.3 is 10.1 Å². The minimum atomic E-state index is -1.25. The molecule has 0 saturated carbocycles. The first kappa shape index (κ1) is 17.5. The van der Waals surface area contributed by atoms with Crippen LogP contribution in [0.25, 0.3) is 0 Å². The van der Waals surface area contributed by atoms with Crippen molar-refractivity contribution in [3.05, 3.63) is 70.8 Å². The molecule has 2 rings (SSSR count). The maximum Gasteiger partial charge on any atom is 0.344 e. The molecule has 0 aromatic heterocycles. The van der Waals surface area contributed by atoms with Gasteiger partial charge in [0.25, 0.3) is 5.91 Å². The predicted molar refractivity (Wildman–Crippen MR) is 75.3 cm³/mol. The average Bonchev–Trinajstić information content (AvgIpc) is 2.51. The van der Waals surface area contributed by atoms with Crippen molar-refractivity contribution in [1.29, 1.82) is 0 Å². The van der Waals surface area contributed by atoms with E-state index in [0.717, 1.165) is 36.4 Å². The van der Waals surface area contributed by atoms with E-state index in [9.17, 15) is 27.2 Å². The maximum absolute atomic E-state index is 13.4. The lowest BCUT2D eigenvalue weighted by Gasteiger charge is -2.09. The molecular formula is C16H11F4NO3. The van der Waals surface area contributed by atoms with Crippen molar-refractivity contribution >= 4 is 11.9 Å². The smallest absolute Gasteiger partial charge is 0.344 e. The van der Waals surface area contributed by atoms with Gasteiger partial charge in [-0.2, -0.15) is 0 Å². The van der Waals surface area contributed by atoms with E-state index in [1.807, 2.05) is 0 Å². The summed E-state index contributed by atoms with van der Waals surface area (Å²) in [4.78, 5) is 23.2. The number of hydrogen-bond acceptors (Lipinski definition) is 3. The van der Waals surface area contributed by atoms with E-state index >= 15 is 0 Å². The summed E-state index contributed by atoms with van der Waals surface area (Å²) < 4.78 is 58.1. The number of ether oxygens (including phenoxy) is 1. The van der Waals surface area contributed by atoms with Crippen LogP contribution in [0.2, 0.25) is 0 Å². The molecule has 0 aliphatic carbocycles. The number of halogens is 4. The number of amides is 1. The first-order chi connectivity index (χ1) is 11.4. The van der Waals surface area contributed by atoms with Gasteiger partial charge in [-0.05, 0) is 24.3 Å². The summed E-state index contributed by atoms with van der Waals surface area (Å²) in [6, 6.07) is 5.81. The lowest BCUT2D eigenvalue weighted by atomic mass is 10.2. The summed E-state index contributed by atoms with van der Waals surface area (Å²) >= 11 is 0. The third-order valence-corrected chi connectivity index (χ3v) is 2.98. The third-order valence-electron chi connectivity index (χ3n) is 2.98. The van der Waals surface area contributed by atoms with Crippen LogP contribution in [0.3, 0.4) is 0 Å². The molecule has 0 atom stereocenters. The molecule has 0 bridgehead atoms. The summed E-state index contributed by atoms with van der Waals surface area (Å²) in [5.41, 5.74) is -1.63. The Kier molecular flexibility index (Phi) is 5.51. The lowest BCUT2D eigenvalue weighted by molar-refractivity contribution is 0.0492. The Morgan fingerprint density at radius 1 is 0.833 bits per heavy atom. The van der Waals surface area contributed by atoms with Crippen LogP contribution in [-0.4, -0.2) is 25.0 Å². The molecule has 2 aromatic carbocycles. The molecule has 0 aliphatic rings. The minimum absolute atomic E-state index is 0.297. The Balaban J connectivity index is 1.89. The predicted octanol–water partition coefficient (Wildman–Crippen LogP) is 2.83. The number of carbonyl (C=O) groups excluding carboxylic acids is 2. The Hall–Kier alpha value is -2.90. The van der Waals surface area contributed by atoms with Crippen LogP contribution < -0.4 is 5.32 Å². The van der Waals surface area contributed by atoms with Crippen LogP contribution in [0.1, 0.15) is 20.7 Å². The second-order valence-corrected chi connectivity index (χ2v) is 4.59. The molecule has 0 fully saturated rings. The highest BCUT2D eigenvalue weighted by Crippen LogP contribution is 2.13. The van der Waals surface area contributed by atoms with Crippen LogP contribution >= 0.6 is 0 Å². The number of benzene rings is 2. The van der Waals surface area contributed by atoms with E-state index in [-0.39, 0.29) is 6.54 Å². The monoisotopic (exact) mass is 341 g/mol. The summed E-state index contributed by atoms with van der Waals surface area (Å²) in [5, 5.41) is 2.13. The van der Waals surface area contributed by atoms with Crippen molar-refractivity contribution in [2.45, 2.75) is 0 Å². The van der Waals surface area contributed by atoms with Gasteiger partial charge in [-0.1, -0.05) is 12.1 Å². The zero-order valence-electron chi connectivity index (χ0n) is 12.1. The third kappa shape index (κ3) is 3.89. The number of esters is 1. The first-order valence-corrected chi connectivity index (χ1v) is 6.75. The average molecular weight is 341 g/mol. The minimum Gasteiger partial charge on any atom is -0.460 e. The molecule has 0 heterocycles. The topological polar surface area (TPSA) is 55.4 Å². The number of carbonyl (C=O) groups is 2. The summed E-state index contributed by atoms with van der Waals surface area (Å²) in [7, 11) is 0. The van der Waals surface area contributed by atoms with Crippen LogP contribution in [0, 0.1) is 23.3 Å². The van der Waals surface area contributed by atoms with E-state index in [1.54, 1.807) is 0 Å². The summed E-state index contributed by atoms with van der Waals surface area (Å²) in [6.07, 6.45) is 0. The van der Waals surface area contributed by atoms with Crippen LogP contribution in [-0.2, 0) is 4.74 Å². The summed E-state index contributed by atoms with van der Waals surface area (Å²) in [6.45, 7) is -0.733. The zero-order valence-corrected chi connectivity index (χ0v) is 12.1. The van der Waals surface area contributed by atoms with Crippen molar-refractivity contribution in [3.8, 4) is 0 Å². The van der Waals surface area contributed by atoms with Gasteiger partial charge in [0.15, 0.2) is 0 Å². The van der Waals surface area contributed by atoms with Crippen LogP contribution in [0.5, 0.6) is 0 Å². The van der Waals surface area contributed by atoms with Crippen molar-refractivity contribution in [2.24, 2.45) is 0 Å². The standard InChI is InChI=1S/C16H11F4NO3/c17-9-3-1-4-10(18)13(9)15(22)21-7-8-24-16(23)14-11(19)5-2-6-12(14)20/h1-6H,7-8H2,(H,21,22). The molecule has 1 N–H and O–H groups in total.